The van der Waals surface area contributed by atoms with Gasteiger partial charge in [0.25, 0.3) is 5.56 Å². The van der Waals surface area contributed by atoms with Crippen LogP contribution in [0.1, 0.15) is 32.7 Å². The Labute approximate surface area is 141 Å². The summed E-state index contributed by atoms with van der Waals surface area (Å²) in [7, 11) is 1.60. The molecule has 0 bridgehead atoms. The molecule has 0 aliphatic carbocycles. The molecule has 0 radical (unpaired) electrons. The van der Waals surface area contributed by atoms with Crippen LogP contribution in [0.2, 0.25) is 0 Å². The highest BCUT2D eigenvalue weighted by Gasteiger charge is 2.17. The molecule has 2 aromatic rings. The van der Waals surface area contributed by atoms with E-state index >= 15 is 0 Å². The number of methoxy groups -OCH3 is 1. The topological polar surface area (TPSA) is 73.2 Å². The van der Waals surface area contributed by atoms with E-state index in [-0.39, 0.29) is 11.5 Å². The van der Waals surface area contributed by atoms with Crippen molar-refractivity contribution in [2.24, 2.45) is 0 Å². The maximum atomic E-state index is 12.2. The van der Waals surface area contributed by atoms with Gasteiger partial charge in [-0.1, -0.05) is 13.3 Å². The lowest BCUT2D eigenvalue weighted by atomic mass is 10.1. The van der Waals surface area contributed by atoms with Crippen molar-refractivity contribution in [3.8, 4) is 17.0 Å². The van der Waals surface area contributed by atoms with Crippen LogP contribution in [0.5, 0.6) is 5.75 Å². The second kappa shape index (κ2) is 8.29. The first-order valence-corrected chi connectivity index (χ1v) is 8.08. The summed E-state index contributed by atoms with van der Waals surface area (Å²) < 4.78 is 6.36. The van der Waals surface area contributed by atoms with Gasteiger partial charge in [-0.2, -0.15) is 5.10 Å². The van der Waals surface area contributed by atoms with Crippen LogP contribution in [-0.2, 0) is 4.79 Å². The first kappa shape index (κ1) is 17.7. The number of hydrogen-bond donors (Lipinski definition) is 1. The van der Waals surface area contributed by atoms with Gasteiger partial charge in [0.1, 0.15) is 11.8 Å². The minimum atomic E-state index is -0.660. The van der Waals surface area contributed by atoms with E-state index in [1.807, 2.05) is 24.3 Å². The minimum Gasteiger partial charge on any atom is -0.497 e. The van der Waals surface area contributed by atoms with Gasteiger partial charge in [-0.25, -0.2) is 4.68 Å². The molecule has 1 atom stereocenters. The molecule has 1 amide bonds. The van der Waals surface area contributed by atoms with Crippen molar-refractivity contribution in [2.75, 3.05) is 13.7 Å². The zero-order valence-corrected chi connectivity index (χ0v) is 14.3. The van der Waals surface area contributed by atoms with Crippen LogP contribution < -0.4 is 15.6 Å². The van der Waals surface area contributed by atoms with Crippen molar-refractivity contribution < 1.29 is 9.53 Å². The Hall–Kier alpha value is -2.63. The fourth-order valence-electron chi connectivity index (χ4n) is 2.27. The lowest BCUT2D eigenvalue weighted by Crippen LogP contribution is -2.37. The Morgan fingerprint density at radius 2 is 1.96 bits per heavy atom. The number of nitrogens with zero attached hydrogens (tertiary/aromatic N) is 2. The normalized spacial score (nSPS) is 11.8. The Morgan fingerprint density at radius 1 is 1.25 bits per heavy atom. The highest BCUT2D eigenvalue weighted by atomic mass is 16.5. The Kier molecular flexibility index (Phi) is 6.12. The number of amides is 1. The molecular formula is C18H23N3O3. The summed E-state index contributed by atoms with van der Waals surface area (Å²) >= 11 is 0. The molecule has 1 unspecified atom stereocenters. The summed E-state index contributed by atoms with van der Waals surface area (Å²) in [5, 5.41) is 7.18. The van der Waals surface area contributed by atoms with E-state index in [4.69, 9.17) is 4.74 Å². The molecule has 1 N–H and O–H groups in total. The van der Waals surface area contributed by atoms with Gasteiger partial charge < -0.3 is 10.1 Å². The predicted molar refractivity (Wildman–Crippen MR) is 93.1 cm³/mol. The number of ether oxygens (including phenoxy) is 1. The van der Waals surface area contributed by atoms with Crippen molar-refractivity contribution >= 4 is 5.91 Å². The van der Waals surface area contributed by atoms with Crippen molar-refractivity contribution in [1.82, 2.24) is 15.1 Å². The van der Waals surface area contributed by atoms with Crippen LogP contribution in [0.15, 0.2) is 41.2 Å². The van der Waals surface area contributed by atoms with Crippen LogP contribution in [0.3, 0.4) is 0 Å². The summed E-state index contributed by atoms with van der Waals surface area (Å²) in [4.78, 5) is 24.3. The zero-order chi connectivity index (χ0) is 17.5. The molecule has 1 heterocycles. The number of carbonyl (C=O) groups excluding carboxylic acids is 1. The van der Waals surface area contributed by atoms with E-state index < -0.39 is 6.04 Å². The highest BCUT2D eigenvalue weighted by Crippen LogP contribution is 2.20. The van der Waals surface area contributed by atoms with E-state index in [1.165, 1.54) is 10.7 Å². The lowest BCUT2D eigenvalue weighted by molar-refractivity contribution is -0.124. The fourth-order valence-corrected chi connectivity index (χ4v) is 2.27. The molecule has 0 fully saturated rings. The summed E-state index contributed by atoms with van der Waals surface area (Å²) in [6, 6.07) is 9.81. The number of nitrogens with one attached hydrogen (secondary N) is 1. The monoisotopic (exact) mass is 329 g/mol. The molecule has 0 aliphatic rings. The average molecular weight is 329 g/mol. The van der Waals surface area contributed by atoms with Crippen LogP contribution >= 0.6 is 0 Å². The second-order valence-corrected chi connectivity index (χ2v) is 5.55. The molecule has 128 valence electrons. The number of rotatable bonds is 7. The Bertz CT molecular complexity index is 738. The van der Waals surface area contributed by atoms with E-state index in [0.717, 1.165) is 24.2 Å². The van der Waals surface area contributed by atoms with Crippen molar-refractivity contribution in [3.63, 3.8) is 0 Å². The Morgan fingerprint density at radius 3 is 2.58 bits per heavy atom. The van der Waals surface area contributed by atoms with Crippen LogP contribution in [-0.4, -0.2) is 29.3 Å². The van der Waals surface area contributed by atoms with Gasteiger partial charge in [0.15, 0.2) is 0 Å². The quantitative estimate of drug-likeness (QED) is 0.792. The van der Waals surface area contributed by atoms with Gasteiger partial charge in [-0.15, -0.1) is 0 Å². The van der Waals surface area contributed by atoms with E-state index in [2.05, 4.69) is 17.3 Å². The number of aromatic nitrogens is 2. The molecule has 1 aromatic heterocycles. The average Bonchev–Trinajstić information content (AvgIpc) is 2.62. The maximum absolute atomic E-state index is 12.2. The van der Waals surface area contributed by atoms with Gasteiger partial charge >= 0.3 is 0 Å². The standard InChI is InChI=1S/C18H23N3O3/c1-4-5-12-19-18(23)13(2)21-17(22)11-10-16(20-21)14-6-8-15(24-3)9-7-14/h6-11,13H,4-5,12H2,1-3H3,(H,19,23). The van der Waals surface area contributed by atoms with Gasteiger partial charge in [0.2, 0.25) is 5.91 Å². The van der Waals surface area contributed by atoms with Gasteiger partial charge in [0, 0.05) is 18.2 Å². The summed E-state index contributed by atoms with van der Waals surface area (Å²) in [6.45, 7) is 4.33. The molecule has 24 heavy (non-hydrogen) atoms. The maximum Gasteiger partial charge on any atom is 0.267 e. The number of hydrogen-bond acceptors (Lipinski definition) is 4. The molecule has 6 heteroatoms. The first-order chi connectivity index (χ1) is 11.6. The van der Waals surface area contributed by atoms with E-state index in [9.17, 15) is 9.59 Å². The lowest BCUT2D eigenvalue weighted by Gasteiger charge is -2.15. The number of carbonyl (C=O) groups is 1. The van der Waals surface area contributed by atoms with Crippen molar-refractivity contribution in [3.05, 3.63) is 46.8 Å². The third-order valence-electron chi connectivity index (χ3n) is 3.79. The number of unbranched alkanes of at least 4 members (excludes halogenated alkanes) is 1. The van der Waals surface area contributed by atoms with Crippen LogP contribution in [0.4, 0.5) is 0 Å². The number of benzene rings is 1. The summed E-state index contributed by atoms with van der Waals surface area (Å²) in [6.07, 6.45) is 1.91. The predicted octanol–water partition coefficient (Wildman–Crippen LogP) is 2.40. The molecule has 1 aromatic carbocycles. The van der Waals surface area contributed by atoms with E-state index in [1.54, 1.807) is 20.1 Å². The van der Waals surface area contributed by atoms with Gasteiger partial charge in [-0.05, 0) is 43.7 Å². The van der Waals surface area contributed by atoms with Crippen molar-refractivity contribution in [1.29, 1.82) is 0 Å². The molecular weight excluding hydrogens is 306 g/mol. The van der Waals surface area contributed by atoms with Crippen molar-refractivity contribution in [2.45, 2.75) is 32.7 Å². The van der Waals surface area contributed by atoms with Gasteiger partial charge in [0.05, 0.1) is 12.8 Å². The molecule has 0 saturated carbocycles. The smallest absolute Gasteiger partial charge is 0.267 e. The second-order valence-electron chi connectivity index (χ2n) is 5.55. The summed E-state index contributed by atoms with van der Waals surface area (Å²) in [5.74, 6) is 0.542. The molecule has 6 nitrogen and oxygen atoms in total. The first-order valence-electron chi connectivity index (χ1n) is 8.08. The minimum absolute atomic E-state index is 0.204. The largest absolute Gasteiger partial charge is 0.497 e. The SMILES string of the molecule is CCCCNC(=O)C(C)n1nc(-c2ccc(OC)cc2)ccc1=O. The van der Waals surface area contributed by atoms with Crippen LogP contribution in [0.25, 0.3) is 11.3 Å². The third-order valence-corrected chi connectivity index (χ3v) is 3.79. The molecule has 0 spiro atoms. The zero-order valence-electron chi connectivity index (χ0n) is 14.3. The summed E-state index contributed by atoms with van der Waals surface area (Å²) in [5.41, 5.74) is 1.18. The highest BCUT2D eigenvalue weighted by molar-refractivity contribution is 5.79. The molecule has 2 rings (SSSR count). The Balaban J connectivity index is 2.24. The van der Waals surface area contributed by atoms with Crippen LogP contribution in [0, 0.1) is 0 Å². The fraction of sp³-hybridized carbons (Fsp3) is 0.389. The third kappa shape index (κ3) is 4.22. The van der Waals surface area contributed by atoms with E-state index in [0.29, 0.717) is 12.2 Å². The van der Waals surface area contributed by atoms with Gasteiger partial charge in [-0.3, -0.25) is 9.59 Å². The molecule has 0 aliphatic heterocycles. The molecule has 0 saturated heterocycles.